The number of hydrogen-bond donors (Lipinski definition) is 0. The normalized spacial score (nSPS) is 16.4. The minimum atomic E-state index is -0.780. The first kappa shape index (κ1) is 20.2. The highest BCUT2D eigenvalue weighted by atomic mass is 19.1. The Bertz CT molecular complexity index is 742. The summed E-state index contributed by atoms with van der Waals surface area (Å²) in [6.45, 7) is 12.5. The Hall–Kier alpha value is -2.10. The van der Waals surface area contributed by atoms with Gasteiger partial charge in [0, 0.05) is 17.2 Å². The molecule has 1 aliphatic heterocycles. The highest BCUT2D eigenvalue weighted by molar-refractivity contribution is 5.88. The zero-order valence-electron chi connectivity index (χ0n) is 16.6. The van der Waals surface area contributed by atoms with Crippen LogP contribution in [-0.4, -0.2) is 18.5 Å². The lowest BCUT2D eigenvalue weighted by atomic mass is 9.86. The second kappa shape index (κ2) is 8.07. The average Bonchev–Trinajstić information content (AvgIpc) is 2.58. The van der Waals surface area contributed by atoms with Gasteiger partial charge in [-0.3, -0.25) is 4.79 Å². The number of hydrogen-bond acceptors (Lipinski definition) is 3. The van der Waals surface area contributed by atoms with Crippen molar-refractivity contribution in [1.29, 1.82) is 0 Å². The van der Waals surface area contributed by atoms with Crippen molar-refractivity contribution in [3.63, 3.8) is 0 Å². The summed E-state index contributed by atoms with van der Waals surface area (Å²) in [6.07, 6.45) is 4.25. The molecule has 1 aromatic carbocycles. The Labute approximate surface area is 155 Å². The lowest BCUT2D eigenvalue weighted by molar-refractivity contribution is -0.106. The summed E-state index contributed by atoms with van der Waals surface area (Å²) < 4.78 is 26.0. The molecule has 0 N–H and O–H groups in total. The quantitative estimate of drug-likeness (QED) is 0.341. The maximum absolute atomic E-state index is 14.0. The van der Waals surface area contributed by atoms with Crippen LogP contribution in [0.15, 0.2) is 24.0 Å². The summed E-state index contributed by atoms with van der Waals surface area (Å²) in [5.74, 6) is 0.789. The van der Waals surface area contributed by atoms with E-state index in [2.05, 4.69) is 26.8 Å². The fraction of sp³-hybridized carbons (Fsp3) is 0.500. The third-order valence-electron chi connectivity index (χ3n) is 4.51. The van der Waals surface area contributed by atoms with Gasteiger partial charge in [-0.05, 0) is 56.4 Å². The maximum atomic E-state index is 14.0. The average molecular weight is 360 g/mol. The predicted molar refractivity (Wildman–Crippen MR) is 104 cm³/mol. The van der Waals surface area contributed by atoms with Gasteiger partial charge in [-0.25, -0.2) is 4.39 Å². The van der Waals surface area contributed by atoms with Crippen LogP contribution in [0.4, 0.5) is 4.39 Å². The van der Waals surface area contributed by atoms with Crippen LogP contribution in [0.3, 0.4) is 0 Å². The van der Waals surface area contributed by atoms with Crippen LogP contribution >= 0.6 is 0 Å². The van der Waals surface area contributed by atoms with Crippen molar-refractivity contribution in [2.24, 2.45) is 5.92 Å². The van der Waals surface area contributed by atoms with Gasteiger partial charge in [0.25, 0.3) is 0 Å². The fourth-order valence-electron chi connectivity index (χ4n) is 3.07. The molecule has 0 saturated carbocycles. The lowest BCUT2D eigenvalue weighted by Crippen LogP contribution is -2.30. The monoisotopic (exact) mass is 360 g/mol. The first-order valence-corrected chi connectivity index (χ1v) is 9.25. The Morgan fingerprint density at radius 1 is 1.35 bits per heavy atom. The first-order chi connectivity index (χ1) is 12.2. The maximum Gasteiger partial charge on any atom is 0.178 e. The third kappa shape index (κ3) is 4.35. The van der Waals surface area contributed by atoms with E-state index in [4.69, 9.17) is 9.47 Å². The van der Waals surface area contributed by atoms with Crippen molar-refractivity contribution in [2.75, 3.05) is 6.61 Å². The molecule has 1 aliphatic rings. The second-order valence-electron chi connectivity index (χ2n) is 7.60. The van der Waals surface area contributed by atoms with E-state index < -0.39 is 11.4 Å². The summed E-state index contributed by atoms with van der Waals surface area (Å²) >= 11 is 0. The Balaban J connectivity index is 2.64. The highest BCUT2D eigenvalue weighted by Crippen LogP contribution is 2.44. The minimum Gasteiger partial charge on any atom is -0.493 e. The van der Waals surface area contributed by atoms with Crippen molar-refractivity contribution >= 4 is 17.4 Å². The van der Waals surface area contributed by atoms with Gasteiger partial charge in [0.1, 0.15) is 17.1 Å². The molecule has 0 amide bonds. The van der Waals surface area contributed by atoms with E-state index in [1.807, 2.05) is 26.0 Å². The van der Waals surface area contributed by atoms with Crippen molar-refractivity contribution in [3.8, 4) is 11.5 Å². The molecular formula is C22H29FO3. The molecule has 0 radical (unpaired) electrons. The molecule has 0 saturated heterocycles. The van der Waals surface area contributed by atoms with Gasteiger partial charge in [-0.2, -0.15) is 0 Å². The number of allylic oxidation sites excluding steroid dienone is 3. The summed E-state index contributed by atoms with van der Waals surface area (Å²) in [7, 11) is 0. The van der Waals surface area contributed by atoms with Crippen LogP contribution < -0.4 is 9.47 Å². The molecule has 1 heterocycles. The topological polar surface area (TPSA) is 35.5 Å². The van der Waals surface area contributed by atoms with Crippen molar-refractivity contribution in [1.82, 2.24) is 0 Å². The van der Waals surface area contributed by atoms with Crippen LogP contribution in [0.5, 0.6) is 11.5 Å². The second-order valence-corrected chi connectivity index (χ2v) is 7.60. The van der Waals surface area contributed by atoms with E-state index in [0.29, 0.717) is 17.9 Å². The first-order valence-electron chi connectivity index (χ1n) is 9.25. The van der Waals surface area contributed by atoms with Crippen molar-refractivity contribution in [3.05, 3.63) is 35.2 Å². The molecule has 26 heavy (non-hydrogen) atoms. The molecule has 0 aromatic heterocycles. The smallest absolute Gasteiger partial charge is 0.178 e. The van der Waals surface area contributed by atoms with Crippen LogP contribution in [0, 0.1) is 5.92 Å². The van der Waals surface area contributed by atoms with E-state index in [9.17, 15) is 9.18 Å². The van der Waals surface area contributed by atoms with Crippen LogP contribution in [-0.2, 0) is 4.79 Å². The number of aldehydes is 1. The molecule has 0 atom stereocenters. The molecule has 0 bridgehead atoms. The van der Waals surface area contributed by atoms with Gasteiger partial charge >= 0.3 is 0 Å². The number of carbonyl (C=O) groups excluding carboxylic acids is 1. The van der Waals surface area contributed by atoms with Crippen LogP contribution in [0.2, 0.25) is 0 Å². The number of carbonyl (C=O) groups is 1. The number of ether oxygens (including phenoxy) is 2. The number of halogens is 1. The summed E-state index contributed by atoms with van der Waals surface area (Å²) in [5.41, 5.74) is 2.53. The molecule has 3 nitrogen and oxygen atoms in total. The van der Waals surface area contributed by atoms with Crippen LogP contribution in [0.25, 0.3) is 11.1 Å². The zero-order chi connectivity index (χ0) is 19.5. The largest absolute Gasteiger partial charge is 0.493 e. The van der Waals surface area contributed by atoms with E-state index in [-0.39, 0.29) is 17.8 Å². The van der Waals surface area contributed by atoms with E-state index in [1.165, 1.54) is 0 Å². The van der Waals surface area contributed by atoms with Crippen molar-refractivity contribution in [2.45, 2.75) is 60.0 Å². The van der Waals surface area contributed by atoms with Crippen LogP contribution in [0.1, 0.15) is 65.5 Å². The van der Waals surface area contributed by atoms with Crippen molar-refractivity contribution < 1.29 is 18.7 Å². The van der Waals surface area contributed by atoms with Gasteiger partial charge in [-0.1, -0.05) is 27.2 Å². The number of unbranched alkanes of at least 4 members (excludes halogenated alkanes) is 1. The minimum absolute atomic E-state index is 0.239. The molecule has 0 aliphatic carbocycles. The molecule has 1 aromatic rings. The third-order valence-corrected chi connectivity index (χ3v) is 4.51. The fourth-order valence-corrected chi connectivity index (χ4v) is 3.07. The zero-order valence-corrected chi connectivity index (χ0v) is 16.6. The van der Waals surface area contributed by atoms with Gasteiger partial charge < -0.3 is 9.47 Å². The Morgan fingerprint density at radius 3 is 2.62 bits per heavy atom. The van der Waals surface area contributed by atoms with Gasteiger partial charge in [0.15, 0.2) is 12.1 Å². The summed E-state index contributed by atoms with van der Waals surface area (Å²) in [4.78, 5) is 10.9. The summed E-state index contributed by atoms with van der Waals surface area (Å²) in [5, 5.41) is 0. The van der Waals surface area contributed by atoms with E-state index in [1.54, 1.807) is 6.92 Å². The number of benzene rings is 1. The molecule has 0 fully saturated rings. The molecule has 142 valence electrons. The number of fused-ring (bicyclic) bond motifs is 1. The SMILES string of the molecule is CCCCOc1cc2c(cc1C(C)=C(F)C=O)C(C(C)C)=CC(C)(C)O2. The highest BCUT2D eigenvalue weighted by Gasteiger charge is 2.29. The molecule has 0 spiro atoms. The molecule has 2 rings (SSSR count). The number of rotatable bonds is 7. The molecule has 0 unspecified atom stereocenters. The summed E-state index contributed by atoms with van der Waals surface area (Å²) in [6, 6.07) is 3.72. The molecule has 4 heteroatoms. The lowest BCUT2D eigenvalue weighted by Gasteiger charge is -2.33. The van der Waals surface area contributed by atoms with Gasteiger partial charge in [-0.15, -0.1) is 0 Å². The predicted octanol–water partition coefficient (Wildman–Crippen LogP) is 5.98. The van der Waals surface area contributed by atoms with E-state index in [0.717, 1.165) is 29.7 Å². The Morgan fingerprint density at radius 2 is 2.04 bits per heavy atom. The molecular weight excluding hydrogens is 331 g/mol. The standard InChI is InChI=1S/C22H29FO3/c1-7-8-9-25-20-11-21-17(10-16(20)15(4)19(23)13-24)18(14(2)3)12-22(5,6)26-21/h10-14H,7-9H2,1-6H3. The van der Waals surface area contributed by atoms with Gasteiger partial charge in [0.05, 0.1) is 6.61 Å². The van der Waals surface area contributed by atoms with E-state index >= 15 is 0 Å². The van der Waals surface area contributed by atoms with Gasteiger partial charge in [0.2, 0.25) is 0 Å². The Kier molecular flexibility index (Phi) is 6.27.